The van der Waals surface area contributed by atoms with Crippen molar-refractivity contribution in [2.45, 2.75) is 31.9 Å². The highest BCUT2D eigenvalue weighted by Crippen LogP contribution is 2.32. The number of nitrogens with zero attached hydrogens (tertiary/aromatic N) is 1. The van der Waals surface area contributed by atoms with E-state index in [0.29, 0.717) is 13.1 Å². The zero-order chi connectivity index (χ0) is 14.5. The second-order valence-electron chi connectivity index (χ2n) is 4.75. The Morgan fingerprint density at radius 2 is 1.85 bits per heavy atom. The lowest BCUT2D eigenvalue weighted by Crippen LogP contribution is -2.38. The van der Waals surface area contributed by atoms with Crippen LogP contribution in [0.4, 0.5) is 8.78 Å². The summed E-state index contributed by atoms with van der Waals surface area (Å²) in [6.07, 6.45) is 2.90. The number of aliphatic carboxylic acids is 1. The van der Waals surface area contributed by atoms with E-state index in [2.05, 4.69) is 4.74 Å². The van der Waals surface area contributed by atoms with Crippen molar-refractivity contribution < 1.29 is 23.4 Å². The summed E-state index contributed by atoms with van der Waals surface area (Å²) in [7, 11) is 0. The minimum absolute atomic E-state index is 0.0690. The molecule has 0 amide bonds. The summed E-state index contributed by atoms with van der Waals surface area (Å²) in [5.41, 5.74) is 0.280. The van der Waals surface area contributed by atoms with Gasteiger partial charge in [0.15, 0.2) is 0 Å². The Balaban J connectivity index is 2.31. The van der Waals surface area contributed by atoms with Crippen molar-refractivity contribution >= 4 is 5.97 Å². The van der Waals surface area contributed by atoms with E-state index in [1.54, 1.807) is 17.0 Å². The van der Waals surface area contributed by atoms with Crippen molar-refractivity contribution in [2.75, 3.05) is 13.1 Å². The van der Waals surface area contributed by atoms with Gasteiger partial charge in [0.1, 0.15) is 11.8 Å². The number of carboxylic acids is 1. The summed E-state index contributed by atoms with van der Waals surface area (Å²) in [6, 6.07) is 5.15. The van der Waals surface area contributed by atoms with Gasteiger partial charge in [-0.25, -0.2) is 0 Å². The zero-order valence-corrected chi connectivity index (χ0v) is 11.0. The molecule has 4 nitrogen and oxygen atoms in total. The minimum Gasteiger partial charge on any atom is -0.480 e. The van der Waals surface area contributed by atoms with Gasteiger partial charge in [-0.2, -0.15) is 8.78 Å². The van der Waals surface area contributed by atoms with Crippen molar-refractivity contribution in [3.05, 3.63) is 29.8 Å². The van der Waals surface area contributed by atoms with E-state index in [0.717, 1.165) is 19.3 Å². The fourth-order valence-corrected chi connectivity index (χ4v) is 2.57. The summed E-state index contributed by atoms with van der Waals surface area (Å²) < 4.78 is 29.3. The number of para-hydroxylation sites is 1. The molecule has 0 saturated carbocycles. The van der Waals surface area contributed by atoms with Gasteiger partial charge in [0.05, 0.1) is 0 Å². The van der Waals surface area contributed by atoms with Crippen LogP contribution in [0.15, 0.2) is 24.3 Å². The maximum Gasteiger partial charge on any atom is 0.387 e. The molecule has 1 fully saturated rings. The van der Waals surface area contributed by atoms with E-state index >= 15 is 0 Å². The summed E-state index contributed by atoms with van der Waals surface area (Å²) in [4.78, 5) is 13.4. The predicted molar refractivity (Wildman–Crippen MR) is 68.9 cm³/mol. The first kappa shape index (κ1) is 14.7. The quantitative estimate of drug-likeness (QED) is 0.903. The highest BCUT2D eigenvalue weighted by molar-refractivity contribution is 5.76. The molecule has 1 aliphatic rings. The van der Waals surface area contributed by atoms with E-state index in [-0.39, 0.29) is 11.3 Å². The first-order chi connectivity index (χ1) is 9.59. The SMILES string of the molecule is O=C(O)C(c1ccccc1OC(F)F)N1CCCCC1. The average molecular weight is 285 g/mol. The van der Waals surface area contributed by atoms with Crippen LogP contribution in [-0.2, 0) is 4.79 Å². The highest BCUT2D eigenvalue weighted by atomic mass is 19.3. The Hall–Kier alpha value is -1.69. The molecule has 2 rings (SSSR count). The van der Waals surface area contributed by atoms with E-state index in [4.69, 9.17) is 0 Å². The number of alkyl halides is 2. The zero-order valence-electron chi connectivity index (χ0n) is 11.0. The number of carboxylic acid groups (broad SMARTS) is 1. The molecule has 110 valence electrons. The molecule has 1 unspecified atom stereocenters. The van der Waals surface area contributed by atoms with Crippen molar-refractivity contribution in [2.24, 2.45) is 0 Å². The summed E-state index contributed by atoms with van der Waals surface area (Å²) in [6.45, 7) is -1.66. The molecule has 0 bridgehead atoms. The molecule has 0 aromatic heterocycles. The number of piperidine rings is 1. The van der Waals surface area contributed by atoms with Gasteiger partial charge >= 0.3 is 12.6 Å². The number of halogens is 2. The lowest BCUT2D eigenvalue weighted by molar-refractivity contribution is -0.144. The molecule has 1 aliphatic heterocycles. The smallest absolute Gasteiger partial charge is 0.387 e. The number of likely N-dealkylation sites (tertiary alicyclic amines) is 1. The highest BCUT2D eigenvalue weighted by Gasteiger charge is 2.31. The normalized spacial score (nSPS) is 17.9. The van der Waals surface area contributed by atoms with E-state index < -0.39 is 18.6 Å². The van der Waals surface area contributed by atoms with E-state index in [1.807, 2.05) is 0 Å². The maximum absolute atomic E-state index is 12.4. The topological polar surface area (TPSA) is 49.8 Å². The van der Waals surface area contributed by atoms with Gasteiger partial charge in [-0.15, -0.1) is 0 Å². The second-order valence-corrected chi connectivity index (χ2v) is 4.75. The summed E-state index contributed by atoms with van der Waals surface area (Å²) in [5.74, 6) is -1.11. The first-order valence-electron chi connectivity index (χ1n) is 6.60. The molecule has 1 saturated heterocycles. The Morgan fingerprint density at radius 3 is 2.45 bits per heavy atom. The van der Waals surface area contributed by atoms with Crippen LogP contribution in [0.3, 0.4) is 0 Å². The molecule has 1 heterocycles. The molecular weight excluding hydrogens is 268 g/mol. The summed E-state index contributed by atoms with van der Waals surface area (Å²) >= 11 is 0. The van der Waals surface area contributed by atoms with Crippen molar-refractivity contribution in [3.8, 4) is 5.75 Å². The monoisotopic (exact) mass is 285 g/mol. The molecule has 0 aliphatic carbocycles. The number of benzene rings is 1. The molecule has 1 aromatic rings. The van der Waals surface area contributed by atoms with Crippen LogP contribution in [0, 0.1) is 0 Å². The lowest BCUT2D eigenvalue weighted by atomic mass is 10.0. The largest absolute Gasteiger partial charge is 0.480 e. The predicted octanol–water partition coefficient (Wildman–Crippen LogP) is 2.90. The standard InChI is InChI=1S/C14H17F2NO3/c15-14(16)20-11-7-3-2-6-10(11)12(13(18)19)17-8-4-1-5-9-17/h2-3,6-7,12,14H,1,4-5,8-9H2,(H,18,19). The number of rotatable bonds is 5. The molecule has 1 aromatic carbocycles. The fourth-order valence-electron chi connectivity index (χ4n) is 2.57. The molecule has 0 radical (unpaired) electrons. The van der Waals surface area contributed by atoms with Crippen LogP contribution in [-0.4, -0.2) is 35.7 Å². The van der Waals surface area contributed by atoms with Crippen molar-refractivity contribution in [1.29, 1.82) is 0 Å². The number of ether oxygens (including phenoxy) is 1. The average Bonchev–Trinajstić information content (AvgIpc) is 2.41. The van der Waals surface area contributed by atoms with Gasteiger partial charge in [0.2, 0.25) is 0 Å². The van der Waals surface area contributed by atoms with Crippen LogP contribution < -0.4 is 4.74 Å². The maximum atomic E-state index is 12.4. The van der Waals surface area contributed by atoms with Crippen LogP contribution in [0.1, 0.15) is 30.9 Å². The van der Waals surface area contributed by atoms with Gasteiger partial charge in [-0.05, 0) is 32.0 Å². The third-order valence-electron chi connectivity index (χ3n) is 3.42. The molecule has 1 atom stereocenters. The second kappa shape index (κ2) is 6.65. The number of carbonyl (C=O) groups is 1. The van der Waals surface area contributed by atoms with Crippen LogP contribution in [0.2, 0.25) is 0 Å². The van der Waals surface area contributed by atoms with Crippen LogP contribution in [0.5, 0.6) is 5.75 Å². The number of hydrogen-bond acceptors (Lipinski definition) is 3. The van der Waals surface area contributed by atoms with E-state index in [9.17, 15) is 18.7 Å². The van der Waals surface area contributed by atoms with Crippen LogP contribution in [0.25, 0.3) is 0 Å². The number of hydrogen-bond donors (Lipinski definition) is 1. The van der Waals surface area contributed by atoms with Gasteiger partial charge < -0.3 is 9.84 Å². The van der Waals surface area contributed by atoms with Crippen molar-refractivity contribution in [1.82, 2.24) is 4.90 Å². The lowest BCUT2D eigenvalue weighted by Gasteiger charge is -2.32. The van der Waals surface area contributed by atoms with Gasteiger partial charge in [-0.3, -0.25) is 9.69 Å². The van der Waals surface area contributed by atoms with Gasteiger partial charge in [0, 0.05) is 5.56 Å². The third kappa shape index (κ3) is 3.45. The first-order valence-corrected chi connectivity index (χ1v) is 6.60. The van der Waals surface area contributed by atoms with E-state index in [1.165, 1.54) is 12.1 Å². The Labute approximate surface area is 116 Å². The third-order valence-corrected chi connectivity index (χ3v) is 3.42. The Morgan fingerprint density at radius 1 is 1.20 bits per heavy atom. The Kier molecular flexibility index (Phi) is 4.89. The minimum atomic E-state index is -2.97. The summed E-state index contributed by atoms with van der Waals surface area (Å²) in [5, 5.41) is 9.45. The van der Waals surface area contributed by atoms with Gasteiger partial charge in [-0.1, -0.05) is 24.6 Å². The van der Waals surface area contributed by atoms with Crippen molar-refractivity contribution in [3.63, 3.8) is 0 Å². The molecule has 1 N–H and O–H groups in total. The molecular formula is C14H17F2NO3. The fraction of sp³-hybridized carbons (Fsp3) is 0.500. The molecule has 0 spiro atoms. The van der Waals surface area contributed by atoms with Gasteiger partial charge in [0.25, 0.3) is 0 Å². The molecule has 6 heteroatoms. The molecule has 20 heavy (non-hydrogen) atoms. The Bertz CT molecular complexity index is 461. The van der Waals surface area contributed by atoms with Crippen LogP contribution >= 0.6 is 0 Å².